The van der Waals surface area contributed by atoms with Crippen molar-refractivity contribution >= 4 is 16.8 Å². The fourth-order valence-corrected chi connectivity index (χ4v) is 1.89. The van der Waals surface area contributed by atoms with Crippen molar-refractivity contribution in [1.29, 1.82) is 0 Å². The summed E-state index contributed by atoms with van der Waals surface area (Å²) < 4.78 is 5.83. The first kappa shape index (κ1) is 11.0. The number of nitrogens with zero attached hydrogens (tertiary/aromatic N) is 1. The van der Waals surface area contributed by atoms with E-state index in [2.05, 4.69) is 10.3 Å². The lowest BCUT2D eigenvalue weighted by Gasteiger charge is -2.10. The normalized spacial score (nSPS) is 14.5. The molecule has 1 aliphatic rings. The van der Waals surface area contributed by atoms with Gasteiger partial charge in [0.2, 0.25) is 0 Å². The van der Waals surface area contributed by atoms with Crippen LogP contribution in [0, 0.1) is 0 Å². The van der Waals surface area contributed by atoms with Crippen LogP contribution in [0.15, 0.2) is 30.5 Å². The van der Waals surface area contributed by atoms with Gasteiger partial charge in [0.15, 0.2) is 0 Å². The molecule has 1 aromatic heterocycles. The third-order valence-corrected chi connectivity index (χ3v) is 2.98. The van der Waals surface area contributed by atoms with E-state index < -0.39 is 0 Å². The number of fused-ring (bicyclic) bond motifs is 1. The smallest absolute Gasteiger partial charge is 0.251 e. The van der Waals surface area contributed by atoms with Crippen LogP contribution in [0.4, 0.5) is 0 Å². The quantitative estimate of drug-likeness (QED) is 0.897. The van der Waals surface area contributed by atoms with E-state index in [-0.39, 0.29) is 12.0 Å². The van der Waals surface area contributed by atoms with Crippen molar-refractivity contribution in [3.05, 3.63) is 36.0 Å². The molecular weight excluding hydrogens is 228 g/mol. The van der Waals surface area contributed by atoms with Gasteiger partial charge in [0, 0.05) is 24.2 Å². The number of hydrogen-bond acceptors (Lipinski definition) is 3. The van der Waals surface area contributed by atoms with Gasteiger partial charge in [-0.25, -0.2) is 0 Å². The zero-order valence-corrected chi connectivity index (χ0v) is 10.1. The number of aromatic nitrogens is 1. The minimum atomic E-state index is -0.110. The van der Waals surface area contributed by atoms with Gasteiger partial charge in [-0.05, 0) is 31.0 Å². The van der Waals surface area contributed by atoms with Crippen LogP contribution in [-0.2, 0) is 0 Å². The standard InChI is InChI=1S/C14H14N2O2/c1-15-14(17)10-7-9-3-2-6-16-13(9)12(8-10)18-11-4-5-11/h2-3,6-8,11H,4-5H2,1H3,(H,15,17). The Hall–Kier alpha value is -2.10. The van der Waals surface area contributed by atoms with E-state index in [0.717, 1.165) is 23.7 Å². The maximum Gasteiger partial charge on any atom is 0.251 e. The molecule has 1 N–H and O–H groups in total. The Morgan fingerprint density at radius 2 is 2.28 bits per heavy atom. The molecule has 0 unspecified atom stereocenters. The summed E-state index contributed by atoms with van der Waals surface area (Å²) in [5, 5.41) is 3.55. The molecule has 0 saturated heterocycles. The molecule has 0 bridgehead atoms. The molecule has 92 valence electrons. The summed E-state index contributed by atoms with van der Waals surface area (Å²) >= 11 is 0. The summed E-state index contributed by atoms with van der Waals surface area (Å²) in [6, 6.07) is 7.40. The Bertz CT molecular complexity index is 606. The summed E-state index contributed by atoms with van der Waals surface area (Å²) in [5.41, 5.74) is 1.42. The highest BCUT2D eigenvalue weighted by atomic mass is 16.5. The van der Waals surface area contributed by atoms with E-state index in [0.29, 0.717) is 11.3 Å². The van der Waals surface area contributed by atoms with Crippen LogP contribution in [0.25, 0.3) is 10.9 Å². The number of benzene rings is 1. The van der Waals surface area contributed by atoms with E-state index in [1.807, 2.05) is 18.2 Å². The van der Waals surface area contributed by atoms with Crippen molar-refractivity contribution in [3.63, 3.8) is 0 Å². The molecule has 1 amide bonds. The van der Waals surface area contributed by atoms with Gasteiger partial charge in [0.05, 0.1) is 6.10 Å². The molecule has 0 atom stereocenters. The minimum absolute atomic E-state index is 0.110. The van der Waals surface area contributed by atoms with Crippen LogP contribution < -0.4 is 10.1 Å². The lowest BCUT2D eigenvalue weighted by Crippen LogP contribution is -2.17. The average Bonchev–Trinajstić information content (AvgIpc) is 3.21. The van der Waals surface area contributed by atoms with Crippen molar-refractivity contribution in [2.24, 2.45) is 0 Å². The highest BCUT2D eigenvalue weighted by molar-refractivity contribution is 5.99. The predicted molar refractivity (Wildman–Crippen MR) is 68.8 cm³/mol. The molecule has 1 aliphatic carbocycles. The molecule has 1 heterocycles. The van der Waals surface area contributed by atoms with Gasteiger partial charge in [0.1, 0.15) is 11.3 Å². The number of amides is 1. The van der Waals surface area contributed by atoms with Gasteiger partial charge >= 0.3 is 0 Å². The Balaban J connectivity index is 2.12. The first-order valence-corrected chi connectivity index (χ1v) is 6.05. The van der Waals surface area contributed by atoms with Crippen molar-refractivity contribution in [3.8, 4) is 5.75 Å². The third-order valence-electron chi connectivity index (χ3n) is 2.98. The van der Waals surface area contributed by atoms with Crippen LogP contribution >= 0.6 is 0 Å². The number of pyridine rings is 1. The largest absolute Gasteiger partial charge is 0.488 e. The molecule has 1 aromatic carbocycles. The average molecular weight is 242 g/mol. The van der Waals surface area contributed by atoms with E-state index in [1.54, 1.807) is 19.3 Å². The van der Waals surface area contributed by atoms with E-state index in [4.69, 9.17) is 4.74 Å². The summed E-state index contributed by atoms with van der Waals surface area (Å²) in [6.07, 6.45) is 4.19. The molecule has 18 heavy (non-hydrogen) atoms. The number of hydrogen-bond donors (Lipinski definition) is 1. The zero-order chi connectivity index (χ0) is 12.5. The second kappa shape index (κ2) is 4.29. The second-order valence-corrected chi connectivity index (χ2v) is 4.45. The summed E-state index contributed by atoms with van der Waals surface area (Å²) in [7, 11) is 1.62. The minimum Gasteiger partial charge on any atom is -0.488 e. The Kier molecular flexibility index (Phi) is 2.63. The Morgan fingerprint density at radius 1 is 1.44 bits per heavy atom. The lowest BCUT2D eigenvalue weighted by molar-refractivity contribution is 0.0962. The van der Waals surface area contributed by atoms with Gasteiger partial charge in [-0.1, -0.05) is 6.07 Å². The highest BCUT2D eigenvalue weighted by Crippen LogP contribution is 2.32. The molecule has 3 rings (SSSR count). The zero-order valence-electron chi connectivity index (χ0n) is 10.1. The number of carbonyl (C=O) groups excluding carboxylic acids is 1. The van der Waals surface area contributed by atoms with Crippen LogP contribution in [0.5, 0.6) is 5.75 Å². The highest BCUT2D eigenvalue weighted by Gasteiger charge is 2.25. The fraction of sp³-hybridized carbons (Fsp3) is 0.286. The van der Waals surface area contributed by atoms with Gasteiger partial charge < -0.3 is 10.1 Å². The van der Waals surface area contributed by atoms with Crippen molar-refractivity contribution in [1.82, 2.24) is 10.3 Å². The molecule has 0 aliphatic heterocycles. The molecule has 2 aromatic rings. The number of ether oxygens (including phenoxy) is 1. The number of rotatable bonds is 3. The molecule has 1 saturated carbocycles. The van der Waals surface area contributed by atoms with Crippen molar-refractivity contribution in [2.45, 2.75) is 18.9 Å². The van der Waals surface area contributed by atoms with Crippen LogP contribution in [0.2, 0.25) is 0 Å². The number of carbonyl (C=O) groups is 1. The van der Waals surface area contributed by atoms with Gasteiger partial charge in [-0.3, -0.25) is 9.78 Å². The molecule has 4 heteroatoms. The molecule has 4 nitrogen and oxygen atoms in total. The maximum absolute atomic E-state index is 11.7. The fourth-order valence-electron chi connectivity index (χ4n) is 1.89. The predicted octanol–water partition coefficient (Wildman–Crippen LogP) is 2.14. The topological polar surface area (TPSA) is 51.2 Å². The third kappa shape index (κ3) is 2.01. The van der Waals surface area contributed by atoms with Crippen molar-refractivity contribution in [2.75, 3.05) is 7.05 Å². The monoisotopic (exact) mass is 242 g/mol. The maximum atomic E-state index is 11.7. The van der Waals surface area contributed by atoms with Crippen LogP contribution in [0.3, 0.4) is 0 Å². The van der Waals surface area contributed by atoms with Crippen LogP contribution in [0.1, 0.15) is 23.2 Å². The van der Waals surface area contributed by atoms with E-state index >= 15 is 0 Å². The van der Waals surface area contributed by atoms with E-state index in [9.17, 15) is 4.79 Å². The second-order valence-electron chi connectivity index (χ2n) is 4.45. The number of nitrogens with one attached hydrogen (secondary N) is 1. The molecule has 0 radical (unpaired) electrons. The summed E-state index contributed by atoms with van der Waals surface area (Å²) in [4.78, 5) is 16.1. The first-order chi connectivity index (χ1) is 8.78. The van der Waals surface area contributed by atoms with Crippen molar-refractivity contribution < 1.29 is 9.53 Å². The summed E-state index contributed by atoms with van der Waals surface area (Å²) in [6.45, 7) is 0. The Morgan fingerprint density at radius 3 is 3.00 bits per heavy atom. The Labute approximate surface area is 105 Å². The SMILES string of the molecule is CNC(=O)c1cc(OC2CC2)c2ncccc2c1. The molecular formula is C14H14N2O2. The lowest BCUT2D eigenvalue weighted by atomic mass is 10.1. The van der Waals surface area contributed by atoms with Gasteiger partial charge in [0.25, 0.3) is 5.91 Å². The molecule has 1 fully saturated rings. The summed E-state index contributed by atoms with van der Waals surface area (Å²) in [5.74, 6) is 0.593. The first-order valence-electron chi connectivity index (χ1n) is 6.05. The van der Waals surface area contributed by atoms with E-state index in [1.165, 1.54) is 0 Å². The van der Waals surface area contributed by atoms with Crippen LogP contribution in [-0.4, -0.2) is 24.0 Å². The van der Waals surface area contributed by atoms with Gasteiger partial charge in [-0.15, -0.1) is 0 Å². The molecule has 0 spiro atoms. The van der Waals surface area contributed by atoms with Gasteiger partial charge in [-0.2, -0.15) is 0 Å².